The van der Waals surface area contributed by atoms with Gasteiger partial charge in [0, 0.05) is 39.2 Å². The number of benzene rings is 1. The highest BCUT2D eigenvalue weighted by atomic mass is 16.5. The zero-order valence-electron chi connectivity index (χ0n) is 11.3. The minimum atomic E-state index is -0.0944. The topological polar surface area (TPSA) is 30.5 Å². The predicted molar refractivity (Wildman–Crippen MR) is 72.8 cm³/mol. The summed E-state index contributed by atoms with van der Waals surface area (Å²) in [5, 5.41) is 3.43. The summed E-state index contributed by atoms with van der Waals surface area (Å²) in [4.78, 5) is 0. The molecular weight excluding hydrogens is 226 g/mol. The van der Waals surface area contributed by atoms with Crippen molar-refractivity contribution in [2.45, 2.75) is 30.9 Å². The maximum Gasteiger partial charge on any atom is 0.0877 e. The number of nitrogens with one attached hydrogen (secondary N) is 1. The van der Waals surface area contributed by atoms with Crippen LogP contribution in [0.5, 0.6) is 0 Å². The summed E-state index contributed by atoms with van der Waals surface area (Å²) in [7, 11) is 3.84. The van der Waals surface area contributed by atoms with E-state index in [0.717, 1.165) is 32.5 Å². The fourth-order valence-electron chi connectivity index (χ4n) is 2.81. The highest BCUT2D eigenvalue weighted by Crippen LogP contribution is 2.30. The second-order valence-electron chi connectivity index (χ2n) is 4.91. The Labute approximate surface area is 109 Å². The molecule has 1 heterocycles. The largest absolute Gasteiger partial charge is 0.381 e. The van der Waals surface area contributed by atoms with Gasteiger partial charge in [-0.15, -0.1) is 0 Å². The second-order valence-corrected chi connectivity index (χ2v) is 4.91. The van der Waals surface area contributed by atoms with E-state index in [1.165, 1.54) is 5.56 Å². The van der Waals surface area contributed by atoms with E-state index in [1.54, 1.807) is 0 Å². The predicted octanol–water partition coefficient (Wildman–Crippen LogP) is 2.01. The number of methoxy groups -OCH3 is 1. The van der Waals surface area contributed by atoms with Crippen LogP contribution < -0.4 is 5.32 Å². The van der Waals surface area contributed by atoms with Crippen molar-refractivity contribution in [1.82, 2.24) is 5.32 Å². The van der Waals surface area contributed by atoms with Crippen LogP contribution >= 0.6 is 0 Å². The third kappa shape index (κ3) is 2.91. The van der Waals surface area contributed by atoms with Crippen LogP contribution in [-0.2, 0) is 15.9 Å². The molecular formula is C15H23NO2. The van der Waals surface area contributed by atoms with Crippen LogP contribution in [0, 0.1) is 0 Å². The minimum Gasteiger partial charge on any atom is -0.381 e. The Bertz CT molecular complexity index is 347. The number of hydrogen-bond acceptors (Lipinski definition) is 3. The van der Waals surface area contributed by atoms with Gasteiger partial charge in [-0.1, -0.05) is 30.3 Å². The summed E-state index contributed by atoms with van der Waals surface area (Å²) in [5.41, 5.74) is 1.25. The fraction of sp³-hybridized carbons (Fsp3) is 0.600. The molecule has 1 aromatic rings. The SMILES string of the molecule is CNC(Cc1ccccc1)C1(OC)CCOCC1. The van der Waals surface area contributed by atoms with Gasteiger partial charge in [0.15, 0.2) is 0 Å². The van der Waals surface area contributed by atoms with Gasteiger partial charge in [0.2, 0.25) is 0 Å². The first kappa shape index (κ1) is 13.5. The van der Waals surface area contributed by atoms with Crippen molar-refractivity contribution in [3.8, 4) is 0 Å². The van der Waals surface area contributed by atoms with Crippen molar-refractivity contribution in [1.29, 1.82) is 0 Å². The quantitative estimate of drug-likeness (QED) is 0.866. The Kier molecular flexibility index (Phi) is 4.75. The van der Waals surface area contributed by atoms with E-state index in [1.807, 2.05) is 14.2 Å². The van der Waals surface area contributed by atoms with Crippen molar-refractivity contribution >= 4 is 0 Å². The second kappa shape index (κ2) is 6.32. The van der Waals surface area contributed by atoms with Gasteiger partial charge in [0.1, 0.15) is 0 Å². The first-order valence-electron chi connectivity index (χ1n) is 6.65. The van der Waals surface area contributed by atoms with Crippen molar-refractivity contribution < 1.29 is 9.47 Å². The monoisotopic (exact) mass is 249 g/mol. The molecule has 0 amide bonds. The van der Waals surface area contributed by atoms with Gasteiger partial charge in [0.25, 0.3) is 0 Å². The molecule has 0 aromatic heterocycles. The van der Waals surface area contributed by atoms with Gasteiger partial charge in [-0.25, -0.2) is 0 Å². The third-order valence-electron chi connectivity index (χ3n) is 4.01. The highest BCUT2D eigenvalue weighted by molar-refractivity contribution is 5.17. The van der Waals surface area contributed by atoms with Crippen molar-refractivity contribution in [2.24, 2.45) is 0 Å². The van der Waals surface area contributed by atoms with E-state index < -0.39 is 0 Å². The van der Waals surface area contributed by atoms with Crippen molar-refractivity contribution in [3.05, 3.63) is 35.9 Å². The van der Waals surface area contributed by atoms with E-state index in [9.17, 15) is 0 Å². The number of likely N-dealkylation sites (N-methyl/N-ethyl adjacent to an activating group) is 1. The van der Waals surface area contributed by atoms with Crippen LogP contribution in [0.3, 0.4) is 0 Å². The molecule has 1 N–H and O–H groups in total. The maximum absolute atomic E-state index is 5.86. The molecule has 3 heteroatoms. The summed E-state index contributed by atoms with van der Waals surface area (Å²) in [6.07, 6.45) is 2.91. The van der Waals surface area contributed by atoms with E-state index in [4.69, 9.17) is 9.47 Å². The molecule has 1 aromatic carbocycles. The molecule has 1 unspecified atom stereocenters. The van der Waals surface area contributed by atoms with Crippen molar-refractivity contribution in [2.75, 3.05) is 27.4 Å². The van der Waals surface area contributed by atoms with Crippen LogP contribution in [0.2, 0.25) is 0 Å². The maximum atomic E-state index is 5.86. The molecule has 0 bridgehead atoms. The molecule has 0 spiro atoms. The molecule has 1 atom stereocenters. The fourth-order valence-corrected chi connectivity index (χ4v) is 2.81. The Balaban J connectivity index is 2.11. The van der Waals surface area contributed by atoms with Gasteiger partial charge >= 0.3 is 0 Å². The summed E-state index contributed by atoms with van der Waals surface area (Å²) >= 11 is 0. The van der Waals surface area contributed by atoms with E-state index in [-0.39, 0.29) is 5.60 Å². The molecule has 1 aliphatic rings. The Hall–Kier alpha value is -0.900. The molecule has 0 saturated carbocycles. The molecule has 18 heavy (non-hydrogen) atoms. The zero-order valence-corrected chi connectivity index (χ0v) is 11.3. The zero-order chi connectivity index (χ0) is 12.8. The normalized spacial score (nSPS) is 20.6. The van der Waals surface area contributed by atoms with Gasteiger partial charge in [0.05, 0.1) is 5.60 Å². The third-order valence-corrected chi connectivity index (χ3v) is 4.01. The molecule has 1 fully saturated rings. The van der Waals surface area contributed by atoms with E-state index in [2.05, 4.69) is 35.6 Å². The molecule has 100 valence electrons. The molecule has 1 aliphatic heterocycles. The van der Waals surface area contributed by atoms with Gasteiger partial charge in [-0.05, 0) is 19.0 Å². The summed E-state index contributed by atoms with van der Waals surface area (Å²) in [5.74, 6) is 0. The average Bonchev–Trinajstić information content (AvgIpc) is 2.46. The van der Waals surface area contributed by atoms with Crippen molar-refractivity contribution in [3.63, 3.8) is 0 Å². The first-order valence-corrected chi connectivity index (χ1v) is 6.65. The van der Waals surface area contributed by atoms with Gasteiger partial charge in [-0.3, -0.25) is 0 Å². The lowest BCUT2D eigenvalue weighted by Crippen LogP contribution is -2.55. The Morgan fingerprint density at radius 3 is 2.50 bits per heavy atom. The van der Waals surface area contributed by atoms with Gasteiger partial charge in [-0.2, -0.15) is 0 Å². The summed E-state index contributed by atoms with van der Waals surface area (Å²) in [6, 6.07) is 10.9. The van der Waals surface area contributed by atoms with Crippen LogP contribution in [0.1, 0.15) is 18.4 Å². The molecule has 2 rings (SSSR count). The lowest BCUT2D eigenvalue weighted by Gasteiger charge is -2.42. The summed E-state index contributed by atoms with van der Waals surface area (Å²) in [6.45, 7) is 1.58. The van der Waals surface area contributed by atoms with E-state index in [0.29, 0.717) is 6.04 Å². The average molecular weight is 249 g/mol. The highest BCUT2D eigenvalue weighted by Gasteiger charge is 2.39. The first-order chi connectivity index (χ1) is 8.80. The molecule has 0 aliphatic carbocycles. The minimum absolute atomic E-state index is 0.0944. The standard InChI is InChI=1S/C15H23NO2/c1-16-14(12-13-6-4-3-5-7-13)15(17-2)8-10-18-11-9-15/h3-7,14,16H,8-12H2,1-2H3. The van der Waals surface area contributed by atoms with Gasteiger partial charge < -0.3 is 14.8 Å². The smallest absolute Gasteiger partial charge is 0.0877 e. The number of ether oxygens (including phenoxy) is 2. The lowest BCUT2D eigenvalue weighted by molar-refractivity contribution is -0.109. The van der Waals surface area contributed by atoms with Crippen LogP contribution in [-0.4, -0.2) is 39.0 Å². The molecule has 3 nitrogen and oxygen atoms in total. The van der Waals surface area contributed by atoms with Crippen LogP contribution in [0.25, 0.3) is 0 Å². The van der Waals surface area contributed by atoms with E-state index >= 15 is 0 Å². The molecule has 1 saturated heterocycles. The van der Waals surface area contributed by atoms with Crippen LogP contribution in [0.15, 0.2) is 30.3 Å². The Morgan fingerprint density at radius 2 is 1.94 bits per heavy atom. The Morgan fingerprint density at radius 1 is 1.28 bits per heavy atom. The molecule has 0 radical (unpaired) electrons. The lowest BCUT2D eigenvalue weighted by atomic mass is 9.82. The number of rotatable bonds is 5. The van der Waals surface area contributed by atoms with Crippen LogP contribution in [0.4, 0.5) is 0 Å². The number of hydrogen-bond donors (Lipinski definition) is 1. The summed E-state index contributed by atoms with van der Waals surface area (Å²) < 4.78 is 11.3.